The third-order valence-electron chi connectivity index (χ3n) is 3.02. The van der Waals surface area contributed by atoms with Crippen molar-refractivity contribution >= 4 is 17.3 Å². The Labute approximate surface area is 125 Å². The summed E-state index contributed by atoms with van der Waals surface area (Å²) in [5.41, 5.74) is 0.169. The molecular formula is C14H13NO5S. The Bertz CT molecular complexity index is 679. The molecule has 0 aromatic carbocycles. The van der Waals surface area contributed by atoms with Gasteiger partial charge in [0.2, 0.25) is 0 Å². The van der Waals surface area contributed by atoms with Crippen molar-refractivity contribution in [2.75, 3.05) is 7.11 Å². The number of nitrogens with zero attached hydrogens (tertiary/aromatic N) is 1. The highest BCUT2D eigenvalue weighted by Crippen LogP contribution is 2.36. The Hall–Kier alpha value is -2.28. The molecule has 0 saturated carbocycles. The molecule has 3 heterocycles. The summed E-state index contributed by atoms with van der Waals surface area (Å²) in [6.45, 7) is 1.85. The van der Waals surface area contributed by atoms with Gasteiger partial charge in [-0.25, -0.2) is 9.78 Å². The molecule has 21 heavy (non-hydrogen) atoms. The highest BCUT2D eigenvalue weighted by atomic mass is 32.1. The van der Waals surface area contributed by atoms with Gasteiger partial charge in [-0.15, -0.1) is 11.3 Å². The van der Waals surface area contributed by atoms with E-state index in [1.807, 2.05) is 19.1 Å². The van der Waals surface area contributed by atoms with Gasteiger partial charge in [0.1, 0.15) is 18.8 Å². The lowest BCUT2D eigenvalue weighted by Gasteiger charge is -2.20. The van der Waals surface area contributed by atoms with Crippen molar-refractivity contribution in [1.29, 1.82) is 0 Å². The second-order valence-electron chi connectivity index (χ2n) is 4.51. The first-order valence-corrected chi connectivity index (χ1v) is 7.05. The Morgan fingerprint density at radius 3 is 2.86 bits per heavy atom. The van der Waals surface area contributed by atoms with E-state index in [1.54, 1.807) is 11.3 Å². The summed E-state index contributed by atoms with van der Waals surface area (Å²) in [6.07, 6.45) is 4.83. The van der Waals surface area contributed by atoms with E-state index in [0.717, 1.165) is 9.75 Å². The van der Waals surface area contributed by atoms with Crippen molar-refractivity contribution in [3.63, 3.8) is 0 Å². The predicted octanol–water partition coefficient (Wildman–Crippen LogP) is 2.80. The Morgan fingerprint density at radius 2 is 2.14 bits per heavy atom. The number of ether oxygens (including phenoxy) is 3. The van der Waals surface area contributed by atoms with Crippen molar-refractivity contribution in [2.24, 2.45) is 0 Å². The van der Waals surface area contributed by atoms with Crippen molar-refractivity contribution < 1.29 is 23.4 Å². The average Bonchev–Trinajstić information content (AvgIpc) is 3.19. The van der Waals surface area contributed by atoms with Crippen LogP contribution >= 0.6 is 11.3 Å². The van der Waals surface area contributed by atoms with E-state index in [1.165, 1.54) is 25.9 Å². The predicted molar refractivity (Wildman–Crippen MR) is 73.6 cm³/mol. The average molecular weight is 307 g/mol. The van der Waals surface area contributed by atoms with Gasteiger partial charge in [0, 0.05) is 11.8 Å². The summed E-state index contributed by atoms with van der Waals surface area (Å²) in [5, 5.41) is 0. The molecule has 0 aliphatic carbocycles. The van der Waals surface area contributed by atoms with E-state index in [2.05, 4.69) is 9.72 Å². The van der Waals surface area contributed by atoms with Crippen LogP contribution in [0.5, 0.6) is 0 Å². The molecule has 0 fully saturated rings. The Kier molecular flexibility index (Phi) is 3.42. The SMILES string of the molecule is COC(=O)c1coc(Cc2ccc(C3(C)OC=CO3)s2)n1. The topological polar surface area (TPSA) is 70.8 Å². The number of rotatable bonds is 4. The van der Waals surface area contributed by atoms with E-state index in [4.69, 9.17) is 13.9 Å². The number of carbonyl (C=O) groups excluding carboxylic acids is 1. The lowest BCUT2D eigenvalue weighted by atomic mass is 10.2. The number of hydrogen-bond donors (Lipinski definition) is 0. The Morgan fingerprint density at radius 1 is 1.38 bits per heavy atom. The monoisotopic (exact) mass is 307 g/mol. The van der Waals surface area contributed by atoms with E-state index < -0.39 is 11.8 Å². The van der Waals surface area contributed by atoms with Crippen molar-refractivity contribution in [3.05, 3.63) is 52.3 Å². The fourth-order valence-electron chi connectivity index (χ4n) is 1.92. The standard InChI is InChI=1S/C14H13NO5S/c1-14(19-5-6-20-14)11-4-3-9(21-11)7-12-15-10(8-18-12)13(16)17-2/h3-6,8H,7H2,1-2H3. The minimum Gasteiger partial charge on any atom is -0.464 e. The molecule has 0 atom stereocenters. The molecule has 1 aliphatic heterocycles. The van der Waals surface area contributed by atoms with Gasteiger partial charge in [0.15, 0.2) is 11.6 Å². The summed E-state index contributed by atoms with van der Waals surface area (Å²) in [7, 11) is 1.30. The number of carbonyl (C=O) groups is 1. The summed E-state index contributed by atoms with van der Waals surface area (Å²) >= 11 is 1.54. The fraction of sp³-hybridized carbons (Fsp3) is 0.286. The van der Waals surface area contributed by atoms with Crippen molar-refractivity contribution in [2.45, 2.75) is 19.1 Å². The molecule has 2 aromatic heterocycles. The Balaban J connectivity index is 1.72. The smallest absolute Gasteiger partial charge is 0.360 e. The molecular weight excluding hydrogens is 294 g/mol. The summed E-state index contributed by atoms with van der Waals surface area (Å²) in [6, 6.07) is 3.90. The lowest BCUT2D eigenvalue weighted by Crippen LogP contribution is -2.20. The first-order chi connectivity index (χ1) is 10.1. The van der Waals surface area contributed by atoms with Gasteiger partial charge in [-0.1, -0.05) is 0 Å². The quantitative estimate of drug-likeness (QED) is 0.809. The summed E-state index contributed by atoms with van der Waals surface area (Å²) in [5.74, 6) is -0.819. The second kappa shape index (κ2) is 5.25. The second-order valence-corrected chi connectivity index (χ2v) is 5.68. The normalized spacial score (nSPS) is 15.5. The first-order valence-electron chi connectivity index (χ1n) is 6.23. The van der Waals surface area contributed by atoms with Crippen LogP contribution in [-0.2, 0) is 26.4 Å². The van der Waals surface area contributed by atoms with Gasteiger partial charge in [0.05, 0.1) is 18.4 Å². The number of hydrogen-bond acceptors (Lipinski definition) is 7. The molecule has 2 aromatic rings. The number of thiophene rings is 1. The number of aromatic nitrogens is 1. The number of methoxy groups -OCH3 is 1. The van der Waals surface area contributed by atoms with Crippen LogP contribution in [0.4, 0.5) is 0 Å². The molecule has 0 bridgehead atoms. The molecule has 0 saturated heterocycles. The van der Waals surface area contributed by atoms with Gasteiger partial charge in [-0.2, -0.15) is 0 Å². The van der Waals surface area contributed by atoms with Gasteiger partial charge in [0.25, 0.3) is 5.79 Å². The third kappa shape index (κ3) is 2.64. The van der Waals surface area contributed by atoms with Crippen LogP contribution in [0.2, 0.25) is 0 Å². The number of oxazole rings is 1. The fourth-order valence-corrected chi connectivity index (χ4v) is 2.95. The largest absolute Gasteiger partial charge is 0.464 e. The minimum atomic E-state index is -0.767. The maximum atomic E-state index is 11.3. The van der Waals surface area contributed by atoms with Gasteiger partial charge in [-0.3, -0.25) is 0 Å². The highest BCUT2D eigenvalue weighted by Gasteiger charge is 2.33. The molecule has 110 valence electrons. The van der Waals surface area contributed by atoms with Crippen LogP contribution in [-0.4, -0.2) is 18.1 Å². The van der Waals surface area contributed by atoms with Crippen LogP contribution < -0.4 is 0 Å². The van der Waals surface area contributed by atoms with E-state index in [-0.39, 0.29) is 5.69 Å². The van der Waals surface area contributed by atoms with Gasteiger partial charge >= 0.3 is 5.97 Å². The van der Waals surface area contributed by atoms with Crippen LogP contribution in [0, 0.1) is 0 Å². The van der Waals surface area contributed by atoms with Gasteiger partial charge in [-0.05, 0) is 12.1 Å². The highest BCUT2D eigenvalue weighted by molar-refractivity contribution is 7.12. The molecule has 7 heteroatoms. The van der Waals surface area contributed by atoms with Crippen molar-refractivity contribution in [1.82, 2.24) is 4.98 Å². The lowest BCUT2D eigenvalue weighted by molar-refractivity contribution is -0.130. The molecule has 6 nitrogen and oxygen atoms in total. The molecule has 0 radical (unpaired) electrons. The summed E-state index contributed by atoms with van der Waals surface area (Å²) in [4.78, 5) is 17.4. The molecule has 0 spiro atoms. The van der Waals surface area contributed by atoms with Gasteiger partial charge < -0.3 is 18.6 Å². The minimum absolute atomic E-state index is 0.169. The van der Waals surface area contributed by atoms with E-state index >= 15 is 0 Å². The van der Waals surface area contributed by atoms with E-state index in [9.17, 15) is 4.79 Å². The zero-order valence-corrected chi connectivity index (χ0v) is 12.3. The molecule has 0 N–H and O–H groups in total. The number of esters is 1. The van der Waals surface area contributed by atoms with E-state index in [0.29, 0.717) is 12.3 Å². The molecule has 3 rings (SSSR count). The third-order valence-corrected chi connectivity index (χ3v) is 4.29. The summed E-state index contributed by atoms with van der Waals surface area (Å²) < 4.78 is 20.8. The molecule has 0 unspecified atom stereocenters. The first kappa shape index (κ1) is 13.7. The molecule has 0 amide bonds. The maximum Gasteiger partial charge on any atom is 0.360 e. The van der Waals surface area contributed by atoms with Crippen LogP contribution in [0.15, 0.2) is 35.3 Å². The maximum absolute atomic E-state index is 11.3. The zero-order chi connectivity index (χ0) is 14.9. The van der Waals surface area contributed by atoms with Crippen molar-refractivity contribution in [3.8, 4) is 0 Å². The van der Waals surface area contributed by atoms with Crippen LogP contribution in [0.25, 0.3) is 0 Å². The van der Waals surface area contributed by atoms with Crippen LogP contribution in [0.3, 0.4) is 0 Å². The molecule has 1 aliphatic rings. The zero-order valence-electron chi connectivity index (χ0n) is 11.5. The van der Waals surface area contributed by atoms with Crippen LogP contribution in [0.1, 0.15) is 33.1 Å².